The maximum atomic E-state index is 12.2. The van der Waals surface area contributed by atoms with Crippen molar-refractivity contribution in [2.75, 3.05) is 26.4 Å². The third kappa shape index (κ3) is 9.15. The summed E-state index contributed by atoms with van der Waals surface area (Å²) in [5.41, 5.74) is 4.07. The van der Waals surface area contributed by atoms with E-state index in [4.69, 9.17) is 17.8 Å². The number of ether oxygens (including phenoxy) is 2. The first kappa shape index (κ1) is 30.3. The van der Waals surface area contributed by atoms with Crippen LogP contribution in [0.3, 0.4) is 0 Å². The van der Waals surface area contributed by atoms with Crippen LogP contribution in [0.1, 0.15) is 22.3 Å². The lowest BCUT2D eigenvalue weighted by molar-refractivity contribution is 0.221. The van der Waals surface area contributed by atoms with Gasteiger partial charge in [-0.1, -0.05) is 59.7 Å². The fourth-order valence-electron chi connectivity index (χ4n) is 3.80. The lowest BCUT2D eigenvalue weighted by Gasteiger charge is -2.10. The molecule has 0 aliphatic carbocycles. The van der Waals surface area contributed by atoms with Gasteiger partial charge in [0.05, 0.1) is 9.79 Å². The number of hydrogen-bond donors (Lipinski definition) is 0. The SMILES string of the molecule is Cc1ccc(S(=O)(=O)OCCOc2ccc(Cc3ccc(OCCOS(=O)(=O)c4ccc(C)cc4)cc3)cc2)cc1. The van der Waals surface area contributed by atoms with E-state index in [-0.39, 0.29) is 36.2 Å². The van der Waals surface area contributed by atoms with Crippen molar-refractivity contribution in [3.05, 3.63) is 119 Å². The summed E-state index contributed by atoms with van der Waals surface area (Å²) in [6, 6.07) is 28.0. The van der Waals surface area contributed by atoms with Crippen LogP contribution in [0.15, 0.2) is 107 Å². The zero-order valence-corrected chi connectivity index (χ0v) is 24.5. The maximum absolute atomic E-state index is 12.2. The first-order valence-corrected chi connectivity index (χ1v) is 15.8. The van der Waals surface area contributed by atoms with Crippen LogP contribution < -0.4 is 9.47 Å². The molecule has 0 spiro atoms. The Morgan fingerprint density at radius 1 is 0.463 bits per heavy atom. The Kier molecular flexibility index (Phi) is 10.2. The molecule has 216 valence electrons. The Balaban J connectivity index is 1.17. The quantitative estimate of drug-likeness (QED) is 0.140. The Hall–Kier alpha value is -3.70. The molecule has 0 unspecified atom stereocenters. The molecule has 0 N–H and O–H groups in total. The van der Waals surface area contributed by atoms with Crippen molar-refractivity contribution in [2.45, 2.75) is 30.1 Å². The summed E-state index contributed by atoms with van der Waals surface area (Å²) >= 11 is 0. The molecule has 41 heavy (non-hydrogen) atoms. The van der Waals surface area contributed by atoms with Crippen molar-refractivity contribution in [2.24, 2.45) is 0 Å². The molecule has 0 amide bonds. The Bertz CT molecular complexity index is 1490. The fourth-order valence-corrected chi connectivity index (χ4v) is 5.58. The smallest absolute Gasteiger partial charge is 0.297 e. The van der Waals surface area contributed by atoms with Crippen LogP contribution in [-0.4, -0.2) is 43.3 Å². The second-order valence-corrected chi connectivity index (χ2v) is 12.6. The largest absolute Gasteiger partial charge is 0.491 e. The molecule has 4 rings (SSSR count). The van der Waals surface area contributed by atoms with Gasteiger partial charge in [0.15, 0.2) is 0 Å². The number of aryl methyl sites for hydroxylation is 2. The highest BCUT2D eigenvalue weighted by Gasteiger charge is 2.15. The molecule has 0 aromatic heterocycles. The van der Waals surface area contributed by atoms with Crippen LogP contribution in [-0.2, 0) is 35.0 Å². The summed E-state index contributed by atoms with van der Waals surface area (Å²) < 4.78 is 70.3. The van der Waals surface area contributed by atoms with Gasteiger partial charge in [0.2, 0.25) is 0 Å². The van der Waals surface area contributed by atoms with E-state index in [9.17, 15) is 16.8 Å². The normalized spacial score (nSPS) is 11.8. The topological polar surface area (TPSA) is 105 Å². The summed E-state index contributed by atoms with van der Waals surface area (Å²) in [5.74, 6) is 1.22. The van der Waals surface area contributed by atoms with Crippen LogP contribution in [0.25, 0.3) is 0 Å². The van der Waals surface area contributed by atoms with Crippen LogP contribution in [0.5, 0.6) is 11.5 Å². The minimum atomic E-state index is -3.82. The van der Waals surface area contributed by atoms with E-state index in [1.807, 2.05) is 62.4 Å². The van der Waals surface area contributed by atoms with Gasteiger partial charge in [-0.15, -0.1) is 0 Å². The lowest BCUT2D eigenvalue weighted by atomic mass is 10.0. The van der Waals surface area contributed by atoms with Gasteiger partial charge in [-0.2, -0.15) is 16.8 Å². The van der Waals surface area contributed by atoms with Crippen molar-refractivity contribution < 1.29 is 34.7 Å². The van der Waals surface area contributed by atoms with E-state index >= 15 is 0 Å². The standard InChI is InChI=1S/C31H32O8S2/c1-24-3-15-30(16-4-24)40(32,33)38-21-19-36-28-11-7-26(8-12-28)23-27-9-13-29(14-10-27)37-20-22-39-41(34,35)31-17-5-25(2)6-18-31/h3-18H,19-23H2,1-2H3. The summed E-state index contributed by atoms with van der Waals surface area (Å²) in [7, 11) is -7.64. The number of benzene rings is 4. The van der Waals surface area contributed by atoms with E-state index in [2.05, 4.69) is 0 Å². The molecule has 0 saturated heterocycles. The lowest BCUT2D eigenvalue weighted by Crippen LogP contribution is -2.13. The summed E-state index contributed by atoms with van der Waals surface area (Å²) in [6.07, 6.45) is 0.691. The molecular weight excluding hydrogens is 564 g/mol. The van der Waals surface area contributed by atoms with Crippen molar-refractivity contribution in [3.63, 3.8) is 0 Å². The average Bonchev–Trinajstić information content (AvgIpc) is 2.96. The van der Waals surface area contributed by atoms with Gasteiger partial charge < -0.3 is 9.47 Å². The van der Waals surface area contributed by atoms with Gasteiger partial charge in [0, 0.05) is 0 Å². The monoisotopic (exact) mass is 596 g/mol. The molecule has 0 fully saturated rings. The molecule has 0 aliphatic heterocycles. The molecule has 0 bridgehead atoms. The Morgan fingerprint density at radius 2 is 0.805 bits per heavy atom. The van der Waals surface area contributed by atoms with Crippen molar-refractivity contribution in [1.82, 2.24) is 0 Å². The summed E-state index contributed by atoms with van der Waals surface area (Å²) in [4.78, 5) is 0.232. The zero-order chi connectivity index (χ0) is 29.3. The third-order valence-electron chi connectivity index (χ3n) is 6.06. The number of hydrogen-bond acceptors (Lipinski definition) is 8. The van der Waals surface area contributed by atoms with E-state index < -0.39 is 20.2 Å². The Labute approximate surface area is 241 Å². The van der Waals surface area contributed by atoms with Gasteiger partial charge in [-0.05, 0) is 79.9 Å². The molecule has 10 heteroatoms. The van der Waals surface area contributed by atoms with Crippen molar-refractivity contribution in [3.8, 4) is 11.5 Å². The molecule has 8 nitrogen and oxygen atoms in total. The van der Waals surface area contributed by atoms with E-state index in [0.717, 1.165) is 22.3 Å². The average molecular weight is 597 g/mol. The van der Waals surface area contributed by atoms with Crippen LogP contribution in [0.2, 0.25) is 0 Å². The molecule has 0 heterocycles. The Morgan fingerprint density at radius 3 is 1.15 bits per heavy atom. The second-order valence-electron chi connectivity index (χ2n) is 9.34. The number of rotatable bonds is 14. The maximum Gasteiger partial charge on any atom is 0.297 e. The van der Waals surface area contributed by atoms with E-state index in [0.29, 0.717) is 17.9 Å². The molecular formula is C31H32O8S2. The van der Waals surface area contributed by atoms with Crippen LogP contribution in [0, 0.1) is 13.8 Å². The highest BCUT2D eigenvalue weighted by atomic mass is 32.2. The van der Waals surface area contributed by atoms with Crippen molar-refractivity contribution >= 4 is 20.2 Å². The molecule has 0 radical (unpaired) electrons. The zero-order valence-electron chi connectivity index (χ0n) is 22.9. The predicted molar refractivity (Wildman–Crippen MR) is 155 cm³/mol. The second kappa shape index (κ2) is 13.8. The van der Waals surface area contributed by atoms with E-state index in [1.165, 1.54) is 24.3 Å². The highest BCUT2D eigenvalue weighted by molar-refractivity contribution is 7.87. The molecule has 0 aliphatic rings. The van der Waals surface area contributed by atoms with Gasteiger partial charge in [-0.25, -0.2) is 0 Å². The third-order valence-corrected chi connectivity index (χ3v) is 8.71. The molecule has 0 atom stereocenters. The first-order chi connectivity index (χ1) is 19.6. The van der Waals surface area contributed by atoms with Gasteiger partial charge >= 0.3 is 0 Å². The van der Waals surface area contributed by atoms with Gasteiger partial charge in [-0.3, -0.25) is 8.37 Å². The minimum Gasteiger partial charge on any atom is -0.491 e. The highest BCUT2D eigenvalue weighted by Crippen LogP contribution is 2.19. The van der Waals surface area contributed by atoms with E-state index in [1.54, 1.807) is 24.3 Å². The first-order valence-electron chi connectivity index (χ1n) is 13.0. The fraction of sp³-hybridized carbons (Fsp3) is 0.226. The molecule has 4 aromatic carbocycles. The minimum absolute atomic E-state index is 0.0921. The molecule has 4 aromatic rings. The van der Waals surface area contributed by atoms with Crippen molar-refractivity contribution in [1.29, 1.82) is 0 Å². The summed E-state index contributed by atoms with van der Waals surface area (Å²) in [6.45, 7) is 3.76. The van der Waals surface area contributed by atoms with Gasteiger partial charge in [0.1, 0.15) is 37.9 Å². The van der Waals surface area contributed by atoms with Crippen LogP contribution >= 0.6 is 0 Å². The molecule has 0 saturated carbocycles. The van der Waals surface area contributed by atoms with Gasteiger partial charge in [0.25, 0.3) is 20.2 Å². The summed E-state index contributed by atoms with van der Waals surface area (Å²) in [5, 5.41) is 0. The van der Waals surface area contributed by atoms with Crippen LogP contribution in [0.4, 0.5) is 0 Å². The predicted octanol–water partition coefficient (Wildman–Crippen LogP) is 5.46.